The first-order valence-corrected chi connectivity index (χ1v) is 16.6. The highest BCUT2D eigenvalue weighted by Crippen LogP contribution is 2.71. The minimum Gasteiger partial charge on any atom is -0.396 e. The number of fused-ring (bicyclic) bond motifs is 1. The number of likely N-dealkylation sites (tertiary alicyclic amines) is 1. The number of hydrogen-bond acceptors (Lipinski definition) is 5. The number of hydrogen-bond donors (Lipinski definition) is 1. The van der Waals surface area contributed by atoms with Gasteiger partial charge in [0, 0.05) is 36.7 Å². The molecule has 9 heteroatoms. The van der Waals surface area contributed by atoms with Gasteiger partial charge in [-0.15, -0.1) is 24.9 Å². The lowest BCUT2D eigenvalue weighted by Crippen LogP contribution is -2.55. The molecule has 2 aromatic carbocycles. The van der Waals surface area contributed by atoms with E-state index < -0.39 is 27.4 Å². The monoisotopic (exact) mass is 635 g/mol. The van der Waals surface area contributed by atoms with Crippen LogP contribution in [-0.2, 0) is 14.4 Å². The Morgan fingerprint density at radius 1 is 1.02 bits per heavy atom. The number of amides is 3. The lowest BCUT2D eigenvalue weighted by Gasteiger charge is -2.38. The zero-order valence-electron chi connectivity index (χ0n) is 25.6. The van der Waals surface area contributed by atoms with E-state index in [1.807, 2.05) is 49.4 Å². The minimum absolute atomic E-state index is 0.0746. The molecule has 0 saturated carbocycles. The maximum absolute atomic E-state index is 14.9. The summed E-state index contributed by atoms with van der Waals surface area (Å²) in [4.78, 5) is 49.3. The summed E-state index contributed by atoms with van der Waals surface area (Å²) in [5, 5.41) is 9.83. The highest BCUT2D eigenvalue weighted by molar-refractivity contribution is 8.02. The lowest BCUT2D eigenvalue weighted by molar-refractivity contribution is -0.139. The van der Waals surface area contributed by atoms with Crippen LogP contribution >= 0.6 is 23.4 Å². The standard InChI is InChI=1S/C35H42ClN3O4S/c1-5-20-37(25-15-9-7-10-16-25)31(41)27-28-32(42)39(22-11-8-12-23-40)30(35(28)19-18-34(27,4)44-35)33(43)38(21-6-2)29-24(3)14-13-17-26(29)36/h5-7,9-10,13-17,27-28,30,40H,1-2,8,11-12,18-23H2,3-4H3/t27-,28-,30?,34+,35?/m0/s1. The van der Waals surface area contributed by atoms with E-state index in [4.69, 9.17) is 11.6 Å². The molecular formula is C35H42ClN3O4S. The molecule has 2 bridgehead atoms. The third kappa shape index (κ3) is 5.39. The number of unbranched alkanes of at least 4 members (excludes halogenated alkanes) is 2. The topological polar surface area (TPSA) is 81.2 Å². The van der Waals surface area contributed by atoms with Crippen LogP contribution in [0.4, 0.5) is 11.4 Å². The third-order valence-electron chi connectivity index (χ3n) is 9.52. The fraction of sp³-hybridized carbons (Fsp3) is 0.457. The zero-order chi connectivity index (χ0) is 31.6. The van der Waals surface area contributed by atoms with Crippen LogP contribution in [0.5, 0.6) is 0 Å². The molecule has 0 aromatic heterocycles. The average Bonchev–Trinajstić information content (AvgIpc) is 3.57. The molecule has 3 heterocycles. The van der Waals surface area contributed by atoms with Crippen LogP contribution in [0.3, 0.4) is 0 Å². The number of para-hydroxylation sites is 2. The molecule has 3 aliphatic rings. The Labute approximate surface area is 269 Å². The van der Waals surface area contributed by atoms with Crippen molar-refractivity contribution >= 4 is 52.5 Å². The van der Waals surface area contributed by atoms with Crippen LogP contribution in [0.1, 0.15) is 44.6 Å². The van der Waals surface area contributed by atoms with E-state index in [-0.39, 0.29) is 30.9 Å². The molecule has 3 aliphatic heterocycles. The van der Waals surface area contributed by atoms with Gasteiger partial charge in [-0.3, -0.25) is 14.4 Å². The number of thioether (sulfide) groups is 1. The van der Waals surface area contributed by atoms with E-state index in [9.17, 15) is 19.5 Å². The Bertz CT molecular complexity index is 1420. The van der Waals surface area contributed by atoms with E-state index in [2.05, 4.69) is 20.1 Å². The van der Waals surface area contributed by atoms with Gasteiger partial charge in [0.05, 0.1) is 27.3 Å². The SMILES string of the molecule is C=CCN(C(=O)[C@@H]1[C@H]2C(=O)N(CCCCCO)C(C(=O)N(CC=C)c3c(C)cccc3Cl)C23CC[C@@]1(C)S3)c1ccccc1. The van der Waals surface area contributed by atoms with Gasteiger partial charge in [-0.25, -0.2) is 0 Å². The van der Waals surface area contributed by atoms with Gasteiger partial charge in [0.1, 0.15) is 6.04 Å². The highest BCUT2D eigenvalue weighted by atomic mass is 35.5. The van der Waals surface area contributed by atoms with E-state index in [0.29, 0.717) is 43.1 Å². The van der Waals surface area contributed by atoms with Crippen molar-refractivity contribution in [3.8, 4) is 0 Å². The number of nitrogens with zero attached hydrogens (tertiary/aromatic N) is 3. The molecule has 3 amide bonds. The fourth-order valence-electron chi connectivity index (χ4n) is 7.65. The minimum atomic E-state index is -0.765. The Morgan fingerprint density at radius 2 is 1.73 bits per heavy atom. The average molecular weight is 636 g/mol. The normalized spacial score (nSPS) is 26.9. The van der Waals surface area contributed by atoms with Crippen molar-refractivity contribution in [2.75, 3.05) is 36.0 Å². The number of aryl methyl sites for hydroxylation is 1. The van der Waals surface area contributed by atoms with Gasteiger partial charge >= 0.3 is 0 Å². The van der Waals surface area contributed by atoms with Crippen molar-refractivity contribution in [1.29, 1.82) is 0 Å². The first-order valence-electron chi connectivity index (χ1n) is 15.4. The van der Waals surface area contributed by atoms with Gasteiger partial charge in [0.15, 0.2) is 0 Å². The summed E-state index contributed by atoms with van der Waals surface area (Å²) in [6.45, 7) is 12.8. The number of carbonyl (C=O) groups excluding carboxylic acids is 3. The number of aliphatic hydroxyl groups is 1. The van der Waals surface area contributed by atoms with Gasteiger partial charge in [-0.05, 0) is 69.7 Å². The molecule has 7 nitrogen and oxygen atoms in total. The molecule has 2 aromatic rings. The van der Waals surface area contributed by atoms with Crippen LogP contribution in [0.15, 0.2) is 73.8 Å². The van der Waals surface area contributed by atoms with Gasteiger partial charge in [-0.1, -0.05) is 54.1 Å². The summed E-state index contributed by atoms with van der Waals surface area (Å²) in [7, 11) is 0. The quantitative estimate of drug-likeness (QED) is 0.215. The molecule has 234 valence electrons. The maximum Gasteiger partial charge on any atom is 0.251 e. The molecule has 0 aliphatic carbocycles. The number of carbonyl (C=O) groups is 3. The summed E-state index contributed by atoms with van der Waals surface area (Å²) in [5.41, 5.74) is 2.23. The number of aliphatic hydroxyl groups excluding tert-OH is 1. The van der Waals surface area contributed by atoms with Gasteiger partial charge in [0.25, 0.3) is 5.91 Å². The van der Waals surface area contributed by atoms with Gasteiger partial charge < -0.3 is 19.8 Å². The second-order valence-electron chi connectivity index (χ2n) is 12.3. The summed E-state index contributed by atoms with van der Waals surface area (Å²) in [6, 6.07) is 14.3. The van der Waals surface area contributed by atoms with Crippen molar-refractivity contribution in [2.45, 2.75) is 61.5 Å². The molecular weight excluding hydrogens is 594 g/mol. The van der Waals surface area contributed by atoms with E-state index in [1.165, 1.54) is 0 Å². The maximum atomic E-state index is 14.9. The van der Waals surface area contributed by atoms with Crippen LogP contribution < -0.4 is 9.80 Å². The Kier molecular flexibility index (Phi) is 9.64. The first kappa shape index (κ1) is 32.3. The number of benzene rings is 2. The van der Waals surface area contributed by atoms with Crippen LogP contribution in [0.2, 0.25) is 5.02 Å². The second kappa shape index (κ2) is 13.1. The van der Waals surface area contributed by atoms with Crippen molar-refractivity contribution in [2.24, 2.45) is 11.8 Å². The fourth-order valence-corrected chi connectivity index (χ4v) is 10.3. The Morgan fingerprint density at radius 3 is 2.39 bits per heavy atom. The zero-order valence-corrected chi connectivity index (χ0v) is 27.2. The summed E-state index contributed by atoms with van der Waals surface area (Å²) < 4.78 is -1.26. The summed E-state index contributed by atoms with van der Waals surface area (Å²) in [6.07, 6.45) is 6.78. The number of rotatable bonds is 13. The molecule has 44 heavy (non-hydrogen) atoms. The van der Waals surface area contributed by atoms with Crippen molar-refractivity contribution in [3.63, 3.8) is 0 Å². The number of halogens is 1. The van der Waals surface area contributed by atoms with E-state index in [0.717, 1.165) is 24.1 Å². The van der Waals surface area contributed by atoms with E-state index in [1.54, 1.807) is 44.7 Å². The van der Waals surface area contributed by atoms with Crippen LogP contribution in [-0.4, -0.2) is 69.5 Å². The highest BCUT2D eigenvalue weighted by Gasteiger charge is 2.77. The third-order valence-corrected chi connectivity index (χ3v) is 11.8. The Balaban J connectivity index is 1.59. The lowest BCUT2D eigenvalue weighted by atomic mass is 9.66. The smallest absolute Gasteiger partial charge is 0.251 e. The Hall–Kier alpha value is -3.07. The van der Waals surface area contributed by atoms with Gasteiger partial charge in [-0.2, -0.15) is 0 Å². The first-order chi connectivity index (χ1) is 21.1. The van der Waals surface area contributed by atoms with Crippen molar-refractivity contribution in [1.82, 2.24) is 4.90 Å². The van der Waals surface area contributed by atoms with Gasteiger partial charge in [0.2, 0.25) is 11.8 Å². The molecule has 5 rings (SSSR count). The molecule has 0 radical (unpaired) electrons. The predicted octanol–water partition coefficient (Wildman–Crippen LogP) is 6.03. The summed E-state index contributed by atoms with van der Waals surface area (Å²) >= 11 is 8.36. The van der Waals surface area contributed by atoms with E-state index >= 15 is 0 Å². The molecule has 3 fully saturated rings. The molecule has 1 N–H and O–H groups in total. The molecule has 3 saturated heterocycles. The second-order valence-corrected chi connectivity index (χ2v) is 14.6. The van der Waals surface area contributed by atoms with Crippen molar-refractivity contribution in [3.05, 3.63) is 84.4 Å². The molecule has 1 spiro atoms. The van der Waals surface area contributed by atoms with Crippen LogP contribution in [0.25, 0.3) is 0 Å². The molecule has 5 atom stereocenters. The predicted molar refractivity (Wildman–Crippen MR) is 179 cm³/mol. The summed E-state index contributed by atoms with van der Waals surface area (Å²) in [5.74, 6) is -1.68. The largest absolute Gasteiger partial charge is 0.396 e. The number of anilines is 2. The molecule has 2 unspecified atom stereocenters. The van der Waals surface area contributed by atoms with Crippen LogP contribution in [0, 0.1) is 18.8 Å². The van der Waals surface area contributed by atoms with Crippen molar-refractivity contribution < 1.29 is 19.5 Å².